The lowest BCUT2D eigenvalue weighted by molar-refractivity contribution is -0.670. The number of hydrogen-bond acceptors (Lipinski definition) is 2. The van der Waals surface area contributed by atoms with Crippen LogP contribution in [0.3, 0.4) is 0 Å². The summed E-state index contributed by atoms with van der Waals surface area (Å²) in [5, 5.41) is 0. The number of fused-ring (bicyclic) bond motifs is 7. The summed E-state index contributed by atoms with van der Waals surface area (Å²) in [5.41, 5.74) is 4.43. The molecule has 5 heterocycles. The predicted octanol–water partition coefficient (Wildman–Crippen LogP) is 1.30. The van der Waals surface area contributed by atoms with Crippen LogP contribution in [-0.4, -0.2) is 18.8 Å². The van der Waals surface area contributed by atoms with Crippen LogP contribution in [0.25, 0.3) is 22.7 Å². The van der Waals surface area contributed by atoms with Gasteiger partial charge in [-0.1, -0.05) is 0 Å². The van der Waals surface area contributed by atoms with Gasteiger partial charge in [0.25, 0.3) is 11.5 Å². The van der Waals surface area contributed by atoms with Crippen molar-refractivity contribution in [1.29, 1.82) is 0 Å². The molecule has 0 bridgehead atoms. The van der Waals surface area contributed by atoms with E-state index in [4.69, 9.17) is 0 Å². The smallest absolute Gasteiger partial charge is 0.262 e. The van der Waals surface area contributed by atoms with Gasteiger partial charge in [0.1, 0.15) is 12.7 Å². The molecule has 90 valence electrons. The van der Waals surface area contributed by atoms with Crippen LogP contribution in [0.1, 0.15) is 5.69 Å². The van der Waals surface area contributed by atoms with Crippen LogP contribution in [0.5, 0.6) is 0 Å². The van der Waals surface area contributed by atoms with Gasteiger partial charge in [-0.15, -0.1) is 0 Å². The first kappa shape index (κ1) is 9.27. The van der Waals surface area contributed by atoms with E-state index in [2.05, 4.69) is 41.8 Å². The molecule has 0 spiro atoms. The third-order valence-electron chi connectivity index (χ3n) is 3.74. The van der Waals surface area contributed by atoms with Crippen molar-refractivity contribution in [3.05, 3.63) is 54.9 Å². The normalized spacial score (nSPS) is 13.1. The van der Waals surface area contributed by atoms with Crippen LogP contribution in [-0.2, 0) is 6.54 Å². The topological polar surface area (TPSA) is 38.5 Å². The molecule has 0 aromatic carbocycles. The van der Waals surface area contributed by atoms with Crippen LogP contribution >= 0.6 is 0 Å². The number of nitrogens with zero attached hydrogens (tertiary/aromatic N) is 5. The van der Waals surface area contributed by atoms with Crippen molar-refractivity contribution in [3.8, 4) is 11.4 Å². The highest BCUT2D eigenvalue weighted by Gasteiger charge is 2.31. The van der Waals surface area contributed by atoms with Crippen LogP contribution < -0.4 is 4.57 Å². The third-order valence-corrected chi connectivity index (χ3v) is 3.74. The Labute approximate surface area is 108 Å². The molecule has 0 saturated carbocycles. The molecular weight excluding hydrogens is 238 g/mol. The summed E-state index contributed by atoms with van der Waals surface area (Å²) in [6, 6.07) is 6.07. The zero-order chi connectivity index (χ0) is 12.4. The molecule has 0 unspecified atom stereocenters. The number of imidazole rings is 2. The molecule has 0 N–H and O–H groups in total. The summed E-state index contributed by atoms with van der Waals surface area (Å²) in [6.45, 7) is 0.843. The van der Waals surface area contributed by atoms with Crippen molar-refractivity contribution < 1.29 is 4.57 Å². The van der Waals surface area contributed by atoms with Crippen molar-refractivity contribution in [2.75, 3.05) is 0 Å². The molecule has 0 radical (unpaired) electrons. The first-order valence-electron chi connectivity index (χ1n) is 6.23. The average molecular weight is 248 g/mol. The van der Waals surface area contributed by atoms with Gasteiger partial charge in [0, 0.05) is 18.6 Å². The van der Waals surface area contributed by atoms with E-state index in [1.165, 1.54) is 11.4 Å². The van der Waals surface area contributed by atoms with Crippen molar-refractivity contribution in [1.82, 2.24) is 18.8 Å². The number of pyridine rings is 1. The van der Waals surface area contributed by atoms with Gasteiger partial charge in [-0.05, 0) is 18.2 Å². The van der Waals surface area contributed by atoms with Gasteiger partial charge in [-0.25, -0.2) is 9.55 Å². The molecule has 5 nitrogen and oxygen atoms in total. The molecule has 4 aromatic heterocycles. The quantitative estimate of drug-likeness (QED) is 0.387. The molecule has 19 heavy (non-hydrogen) atoms. The highest BCUT2D eigenvalue weighted by atomic mass is 15.2. The van der Waals surface area contributed by atoms with Gasteiger partial charge in [0.15, 0.2) is 11.8 Å². The van der Waals surface area contributed by atoms with E-state index < -0.39 is 0 Å². The van der Waals surface area contributed by atoms with Crippen LogP contribution in [0.2, 0.25) is 0 Å². The highest BCUT2D eigenvalue weighted by molar-refractivity contribution is 5.64. The van der Waals surface area contributed by atoms with Gasteiger partial charge in [-0.3, -0.25) is 9.38 Å². The molecule has 0 fully saturated rings. The molecule has 0 amide bonds. The van der Waals surface area contributed by atoms with Crippen LogP contribution in [0.15, 0.2) is 49.2 Å². The standard InChI is InChI=1S/C14H10N5/c1-3-10-11(15-4-1)7-17-9-13-18-6-2-5-16-12(18)8-19(13)14(10)17/h1-6,8-9H,7H2/q+1. The molecule has 0 atom stereocenters. The maximum Gasteiger partial charge on any atom is 0.297 e. The first-order valence-corrected chi connectivity index (χ1v) is 6.23. The molecular formula is C14H10N5+. The minimum absolute atomic E-state index is 0.843. The Kier molecular flexibility index (Phi) is 1.46. The summed E-state index contributed by atoms with van der Waals surface area (Å²) in [7, 11) is 0. The Balaban J connectivity index is 1.97. The Morgan fingerprint density at radius 3 is 3.05 bits per heavy atom. The molecule has 0 saturated heterocycles. The minimum Gasteiger partial charge on any atom is -0.262 e. The number of aromatic nitrogens is 5. The van der Waals surface area contributed by atoms with Gasteiger partial charge >= 0.3 is 0 Å². The maximum atomic E-state index is 4.45. The minimum atomic E-state index is 0.843. The first-order chi connectivity index (χ1) is 9.42. The van der Waals surface area contributed by atoms with Gasteiger partial charge in [0.2, 0.25) is 0 Å². The lowest BCUT2D eigenvalue weighted by atomic mass is 10.2. The Hall–Kier alpha value is -2.69. The van der Waals surface area contributed by atoms with Crippen molar-refractivity contribution >= 4 is 11.3 Å². The van der Waals surface area contributed by atoms with E-state index in [9.17, 15) is 0 Å². The summed E-state index contributed by atoms with van der Waals surface area (Å²) < 4.78 is 6.53. The second-order valence-corrected chi connectivity index (χ2v) is 4.78. The van der Waals surface area contributed by atoms with Crippen LogP contribution in [0.4, 0.5) is 0 Å². The van der Waals surface area contributed by atoms with E-state index in [0.717, 1.165) is 23.5 Å². The fourth-order valence-electron chi connectivity index (χ4n) is 2.94. The zero-order valence-electron chi connectivity index (χ0n) is 10.1. The second kappa shape index (κ2) is 3.00. The second-order valence-electron chi connectivity index (χ2n) is 4.78. The van der Waals surface area contributed by atoms with E-state index in [-0.39, 0.29) is 0 Å². The fraction of sp³-hybridized carbons (Fsp3) is 0.0714. The Bertz CT molecular complexity index is 947. The Morgan fingerprint density at radius 1 is 1.11 bits per heavy atom. The lowest BCUT2D eigenvalue weighted by Crippen LogP contribution is -2.29. The highest BCUT2D eigenvalue weighted by Crippen LogP contribution is 2.27. The van der Waals surface area contributed by atoms with E-state index in [1.807, 2.05) is 30.7 Å². The lowest BCUT2D eigenvalue weighted by Gasteiger charge is -1.91. The molecule has 4 aromatic rings. The molecule has 1 aliphatic heterocycles. The van der Waals surface area contributed by atoms with E-state index in [1.54, 1.807) is 0 Å². The summed E-state index contributed by atoms with van der Waals surface area (Å²) in [4.78, 5) is 8.84. The number of rotatable bonds is 0. The predicted molar refractivity (Wildman–Crippen MR) is 68.7 cm³/mol. The molecule has 0 aliphatic carbocycles. The fourth-order valence-corrected chi connectivity index (χ4v) is 2.94. The van der Waals surface area contributed by atoms with Crippen molar-refractivity contribution in [3.63, 3.8) is 0 Å². The molecule has 5 heteroatoms. The van der Waals surface area contributed by atoms with Gasteiger partial charge in [-0.2, -0.15) is 4.40 Å². The third kappa shape index (κ3) is 1.03. The average Bonchev–Trinajstić information content (AvgIpc) is 3.05. The Morgan fingerprint density at radius 2 is 2.05 bits per heavy atom. The van der Waals surface area contributed by atoms with Crippen molar-refractivity contribution in [2.45, 2.75) is 6.54 Å². The zero-order valence-corrected chi connectivity index (χ0v) is 10.1. The largest absolute Gasteiger partial charge is 0.297 e. The van der Waals surface area contributed by atoms with Gasteiger partial charge in [0.05, 0.1) is 11.3 Å². The molecule has 5 rings (SSSR count). The monoisotopic (exact) mass is 248 g/mol. The van der Waals surface area contributed by atoms with Crippen LogP contribution in [0, 0.1) is 0 Å². The number of hydrogen-bond donors (Lipinski definition) is 0. The van der Waals surface area contributed by atoms with E-state index in [0.29, 0.717) is 0 Å². The van der Waals surface area contributed by atoms with Crippen molar-refractivity contribution in [2.24, 2.45) is 0 Å². The summed E-state index contributed by atoms with van der Waals surface area (Å²) >= 11 is 0. The van der Waals surface area contributed by atoms with E-state index >= 15 is 0 Å². The van der Waals surface area contributed by atoms with Gasteiger partial charge < -0.3 is 0 Å². The summed E-state index contributed by atoms with van der Waals surface area (Å²) in [5.74, 6) is 1.18. The summed E-state index contributed by atoms with van der Waals surface area (Å²) in [6.07, 6.45) is 9.94. The maximum absolute atomic E-state index is 4.45. The SMILES string of the molecule is c1cnc2c(c1)-c1n3cc4ncccn4c3c[n+]1C2. The molecule has 1 aliphatic rings.